The van der Waals surface area contributed by atoms with Crippen LogP contribution in [0.1, 0.15) is 46.5 Å². The molecule has 1 aliphatic carbocycles. The molecular weight excluding hydrogens is 172 g/mol. The lowest BCUT2D eigenvalue weighted by atomic mass is 9.70. The zero-order valence-electron chi connectivity index (χ0n) is 9.68. The van der Waals surface area contributed by atoms with E-state index in [1.807, 2.05) is 0 Å². The van der Waals surface area contributed by atoms with Gasteiger partial charge in [-0.1, -0.05) is 25.5 Å². The molecule has 1 fully saturated rings. The Hall–Kier alpha value is -0.300. The lowest BCUT2D eigenvalue weighted by molar-refractivity contribution is -0.0203. The number of fused-ring (bicyclic) bond motifs is 1. The second-order valence-corrected chi connectivity index (χ2v) is 4.85. The van der Waals surface area contributed by atoms with Crippen molar-refractivity contribution in [3.8, 4) is 0 Å². The van der Waals surface area contributed by atoms with Gasteiger partial charge in [0.05, 0.1) is 12.2 Å². The van der Waals surface area contributed by atoms with E-state index in [1.165, 1.54) is 12.8 Å². The van der Waals surface area contributed by atoms with E-state index in [0.29, 0.717) is 5.92 Å². The van der Waals surface area contributed by atoms with Crippen LogP contribution in [0.15, 0.2) is 11.6 Å². The maximum Gasteiger partial charge on any atom is 0.0745 e. The lowest BCUT2D eigenvalue weighted by Crippen LogP contribution is -2.37. The second kappa shape index (κ2) is 3.69. The van der Waals surface area contributed by atoms with Crippen LogP contribution in [-0.2, 0) is 4.74 Å². The maximum absolute atomic E-state index is 6.12. The molecule has 2 aliphatic rings. The van der Waals surface area contributed by atoms with E-state index in [1.54, 1.807) is 5.57 Å². The van der Waals surface area contributed by atoms with Crippen LogP contribution in [0.25, 0.3) is 0 Å². The quantitative estimate of drug-likeness (QED) is 0.611. The summed E-state index contributed by atoms with van der Waals surface area (Å²) < 4.78 is 6.12. The standard InChI is InChI=1S/C13H22O/c1-4-13(5-2)12-10(3)7-6-8-11(12)9-14-13/h7,11-12H,4-6,8-9H2,1-3H3. The van der Waals surface area contributed by atoms with E-state index in [9.17, 15) is 0 Å². The average molecular weight is 194 g/mol. The van der Waals surface area contributed by atoms with Crippen molar-refractivity contribution in [2.24, 2.45) is 11.8 Å². The van der Waals surface area contributed by atoms with Crippen molar-refractivity contribution < 1.29 is 4.74 Å². The molecule has 0 aromatic carbocycles. The van der Waals surface area contributed by atoms with Crippen LogP contribution in [0.4, 0.5) is 0 Å². The molecule has 2 rings (SSSR count). The molecule has 0 N–H and O–H groups in total. The first kappa shape index (κ1) is 10.2. The van der Waals surface area contributed by atoms with Gasteiger partial charge in [0.15, 0.2) is 0 Å². The molecule has 0 aromatic rings. The summed E-state index contributed by atoms with van der Waals surface area (Å²) in [6, 6.07) is 0. The Morgan fingerprint density at radius 3 is 2.79 bits per heavy atom. The first-order valence-electron chi connectivity index (χ1n) is 6.04. The number of allylic oxidation sites excluding steroid dienone is 1. The van der Waals surface area contributed by atoms with Gasteiger partial charge in [-0.2, -0.15) is 0 Å². The van der Waals surface area contributed by atoms with Crippen LogP contribution in [0.5, 0.6) is 0 Å². The minimum absolute atomic E-state index is 0.172. The van der Waals surface area contributed by atoms with Crippen molar-refractivity contribution in [1.29, 1.82) is 0 Å². The molecule has 0 saturated carbocycles. The third-order valence-corrected chi connectivity index (χ3v) is 4.31. The molecule has 1 heterocycles. The highest BCUT2D eigenvalue weighted by Gasteiger charge is 2.48. The van der Waals surface area contributed by atoms with Crippen molar-refractivity contribution in [2.75, 3.05) is 6.61 Å². The summed E-state index contributed by atoms with van der Waals surface area (Å²) in [5, 5.41) is 0. The topological polar surface area (TPSA) is 9.23 Å². The normalized spacial score (nSPS) is 35.2. The van der Waals surface area contributed by atoms with Crippen LogP contribution < -0.4 is 0 Å². The van der Waals surface area contributed by atoms with Crippen molar-refractivity contribution in [3.63, 3.8) is 0 Å². The van der Waals surface area contributed by atoms with Gasteiger partial charge >= 0.3 is 0 Å². The Kier molecular flexibility index (Phi) is 2.70. The Bertz CT molecular complexity index is 238. The SMILES string of the molecule is CCC1(CC)OCC2CCC=C(C)C21. The molecule has 1 heteroatoms. The zero-order valence-corrected chi connectivity index (χ0v) is 9.68. The summed E-state index contributed by atoms with van der Waals surface area (Å²) >= 11 is 0. The molecule has 2 unspecified atom stereocenters. The lowest BCUT2D eigenvalue weighted by Gasteiger charge is -2.37. The van der Waals surface area contributed by atoms with Gasteiger partial charge in [-0.3, -0.25) is 0 Å². The summed E-state index contributed by atoms with van der Waals surface area (Å²) in [5.41, 5.74) is 1.76. The van der Waals surface area contributed by atoms with Crippen LogP contribution in [0.2, 0.25) is 0 Å². The van der Waals surface area contributed by atoms with Gasteiger partial charge in [0.25, 0.3) is 0 Å². The zero-order chi connectivity index (χ0) is 10.2. The van der Waals surface area contributed by atoms with Crippen molar-refractivity contribution in [2.45, 2.75) is 52.1 Å². The number of hydrogen-bond donors (Lipinski definition) is 0. The summed E-state index contributed by atoms with van der Waals surface area (Å²) in [6.07, 6.45) is 7.35. The van der Waals surface area contributed by atoms with Crippen LogP contribution in [0.3, 0.4) is 0 Å². The number of rotatable bonds is 2. The van der Waals surface area contributed by atoms with E-state index >= 15 is 0 Å². The van der Waals surface area contributed by atoms with Gasteiger partial charge in [0, 0.05) is 5.92 Å². The highest BCUT2D eigenvalue weighted by Crippen LogP contribution is 2.48. The first-order valence-corrected chi connectivity index (χ1v) is 6.04. The van der Waals surface area contributed by atoms with Gasteiger partial charge in [-0.15, -0.1) is 0 Å². The van der Waals surface area contributed by atoms with E-state index in [0.717, 1.165) is 25.4 Å². The fourth-order valence-corrected chi connectivity index (χ4v) is 3.47. The maximum atomic E-state index is 6.12. The van der Waals surface area contributed by atoms with Gasteiger partial charge in [-0.25, -0.2) is 0 Å². The van der Waals surface area contributed by atoms with Crippen LogP contribution in [-0.4, -0.2) is 12.2 Å². The molecule has 2 atom stereocenters. The molecule has 0 radical (unpaired) electrons. The Labute approximate surface area is 87.5 Å². The van der Waals surface area contributed by atoms with E-state index in [4.69, 9.17) is 4.74 Å². The fourth-order valence-electron chi connectivity index (χ4n) is 3.47. The molecule has 0 amide bonds. The van der Waals surface area contributed by atoms with E-state index < -0.39 is 0 Å². The third kappa shape index (κ3) is 1.33. The summed E-state index contributed by atoms with van der Waals surface area (Å²) in [4.78, 5) is 0. The predicted octanol–water partition coefficient (Wildman–Crippen LogP) is 3.55. The summed E-state index contributed by atoms with van der Waals surface area (Å²) in [6.45, 7) is 7.84. The van der Waals surface area contributed by atoms with E-state index in [-0.39, 0.29) is 5.60 Å². The molecule has 14 heavy (non-hydrogen) atoms. The first-order chi connectivity index (χ1) is 6.73. The summed E-state index contributed by atoms with van der Waals surface area (Å²) in [5.74, 6) is 1.52. The van der Waals surface area contributed by atoms with Gasteiger partial charge in [0.1, 0.15) is 0 Å². The molecule has 1 nitrogen and oxygen atoms in total. The predicted molar refractivity (Wildman–Crippen MR) is 59.2 cm³/mol. The second-order valence-electron chi connectivity index (χ2n) is 4.85. The van der Waals surface area contributed by atoms with Crippen molar-refractivity contribution in [3.05, 3.63) is 11.6 Å². The van der Waals surface area contributed by atoms with Crippen LogP contribution in [0, 0.1) is 11.8 Å². The minimum Gasteiger partial charge on any atom is -0.374 e. The Morgan fingerprint density at radius 1 is 1.43 bits per heavy atom. The number of ether oxygens (including phenoxy) is 1. The largest absolute Gasteiger partial charge is 0.374 e. The molecule has 1 aliphatic heterocycles. The highest BCUT2D eigenvalue weighted by atomic mass is 16.5. The van der Waals surface area contributed by atoms with E-state index in [2.05, 4.69) is 26.8 Å². The minimum atomic E-state index is 0.172. The molecular formula is C13H22O. The fraction of sp³-hybridized carbons (Fsp3) is 0.846. The summed E-state index contributed by atoms with van der Waals surface area (Å²) in [7, 11) is 0. The average Bonchev–Trinajstić information content (AvgIpc) is 2.59. The van der Waals surface area contributed by atoms with Crippen molar-refractivity contribution >= 4 is 0 Å². The Balaban J connectivity index is 2.29. The van der Waals surface area contributed by atoms with Gasteiger partial charge in [-0.05, 0) is 38.5 Å². The molecule has 80 valence electrons. The molecule has 1 saturated heterocycles. The molecule has 0 spiro atoms. The smallest absolute Gasteiger partial charge is 0.0745 e. The highest BCUT2D eigenvalue weighted by molar-refractivity contribution is 5.17. The van der Waals surface area contributed by atoms with Crippen LogP contribution >= 0.6 is 0 Å². The third-order valence-electron chi connectivity index (χ3n) is 4.31. The molecule has 0 bridgehead atoms. The monoisotopic (exact) mass is 194 g/mol. The molecule has 0 aromatic heterocycles. The number of hydrogen-bond acceptors (Lipinski definition) is 1. The van der Waals surface area contributed by atoms with Gasteiger partial charge in [0.2, 0.25) is 0 Å². The van der Waals surface area contributed by atoms with Gasteiger partial charge < -0.3 is 4.74 Å². The Morgan fingerprint density at radius 2 is 2.14 bits per heavy atom. The van der Waals surface area contributed by atoms with Crippen molar-refractivity contribution in [1.82, 2.24) is 0 Å².